The highest BCUT2D eigenvalue weighted by molar-refractivity contribution is 6.37. The van der Waals surface area contributed by atoms with Gasteiger partial charge in [-0.25, -0.2) is 4.98 Å². The number of carbonyl (C=O) groups excluding carboxylic acids is 2. The van der Waals surface area contributed by atoms with Gasteiger partial charge in [0.1, 0.15) is 5.82 Å². The minimum atomic E-state index is -0.632. The number of primary amides is 2. The lowest BCUT2D eigenvalue weighted by atomic mass is 10.3. The number of nitrogens with two attached hydrogens (primary N) is 2. The molecule has 0 atom stereocenters. The monoisotopic (exact) mass is 333 g/mol. The fourth-order valence-electron chi connectivity index (χ4n) is 1.63. The molecule has 0 fully saturated rings. The molecule has 0 aromatic carbocycles. The van der Waals surface area contributed by atoms with Gasteiger partial charge in [0.05, 0.1) is 23.1 Å². The summed E-state index contributed by atoms with van der Waals surface area (Å²) in [5, 5.41) is 3.57. The summed E-state index contributed by atoms with van der Waals surface area (Å²) in [7, 11) is 0. The van der Waals surface area contributed by atoms with Crippen molar-refractivity contribution in [2.45, 2.75) is 13.3 Å². The van der Waals surface area contributed by atoms with E-state index in [9.17, 15) is 9.59 Å². The van der Waals surface area contributed by atoms with Gasteiger partial charge in [-0.15, -0.1) is 0 Å². The largest absolute Gasteiger partial charge is 0.369 e. The molecule has 21 heavy (non-hydrogen) atoms. The lowest BCUT2D eigenvalue weighted by molar-refractivity contribution is -0.117. The van der Waals surface area contributed by atoms with Gasteiger partial charge in [0.25, 0.3) is 0 Å². The molecule has 0 bridgehead atoms. The molecule has 1 aromatic heterocycles. The van der Waals surface area contributed by atoms with Crippen LogP contribution in [0.4, 0.5) is 11.6 Å². The zero-order valence-electron chi connectivity index (χ0n) is 11.5. The molecule has 116 valence electrons. The van der Waals surface area contributed by atoms with E-state index in [1.807, 2.05) is 6.92 Å². The molecule has 0 saturated carbocycles. The number of amides is 2. The van der Waals surface area contributed by atoms with Crippen LogP contribution in [0.2, 0.25) is 10.0 Å². The maximum absolute atomic E-state index is 11.1. The summed E-state index contributed by atoms with van der Waals surface area (Å²) in [6, 6.07) is 1.48. The minimum Gasteiger partial charge on any atom is -0.369 e. The number of halogens is 2. The quantitative estimate of drug-likeness (QED) is 0.656. The van der Waals surface area contributed by atoms with Gasteiger partial charge in [0, 0.05) is 6.54 Å². The van der Waals surface area contributed by atoms with Crippen molar-refractivity contribution < 1.29 is 9.59 Å². The Morgan fingerprint density at radius 1 is 1.24 bits per heavy atom. The van der Waals surface area contributed by atoms with E-state index in [2.05, 4.69) is 10.3 Å². The van der Waals surface area contributed by atoms with Gasteiger partial charge in [-0.3, -0.25) is 9.59 Å². The Hall–Kier alpha value is -1.73. The number of nitrogens with one attached hydrogen (secondary N) is 1. The number of carbonyl (C=O) groups is 2. The Balaban J connectivity index is 3.15. The molecule has 5 N–H and O–H groups in total. The summed E-state index contributed by atoms with van der Waals surface area (Å²) in [6.45, 7) is 2.19. The van der Waals surface area contributed by atoms with Gasteiger partial charge in [0.15, 0.2) is 5.82 Å². The molecule has 0 unspecified atom stereocenters. The minimum absolute atomic E-state index is 0.199. The van der Waals surface area contributed by atoms with Gasteiger partial charge in [-0.05, 0) is 12.5 Å². The third kappa shape index (κ3) is 5.28. The van der Waals surface area contributed by atoms with E-state index in [4.69, 9.17) is 34.7 Å². The molecule has 1 aromatic rings. The number of aromatic nitrogens is 1. The fourth-order valence-corrected chi connectivity index (χ4v) is 2.17. The predicted octanol–water partition coefficient (Wildman–Crippen LogP) is 0.987. The van der Waals surface area contributed by atoms with Crippen LogP contribution in [0.15, 0.2) is 6.07 Å². The van der Waals surface area contributed by atoms with Crippen molar-refractivity contribution in [2.24, 2.45) is 11.5 Å². The van der Waals surface area contributed by atoms with Crippen LogP contribution in [0.3, 0.4) is 0 Å². The van der Waals surface area contributed by atoms with Crippen molar-refractivity contribution in [1.82, 2.24) is 4.98 Å². The molecule has 0 spiro atoms. The van der Waals surface area contributed by atoms with Crippen LogP contribution in [0.1, 0.15) is 13.3 Å². The molecule has 2 amide bonds. The molecule has 7 nitrogen and oxygen atoms in total. The van der Waals surface area contributed by atoms with E-state index in [1.54, 1.807) is 0 Å². The van der Waals surface area contributed by atoms with Crippen molar-refractivity contribution in [3.8, 4) is 0 Å². The predicted molar refractivity (Wildman–Crippen MR) is 83.6 cm³/mol. The van der Waals surface area contributed by atoms with E-state index in [-0.39, 0.29) is 23.9 Å². The van der Waals surface area contributed by atoms with E-state index in [1.165, 1.54) is 11.0 Å². The fraction of sp³-hybridized carbons (Fsp3) is 0.417. The molecule has 9 heteroatoms. The molecule has 0 saturated heterocycles. The molecule has 1 heterocycles. The van der Waals surface area contributed by atoms with Crippen LogP contribution < -0.4 is 21.7 Å². The second-order valence-electron chi connectivity index (χ2n) is 4.34. The Kier molecular flexibility index (Phi) is 6.51. The van der Waals surface area contributed by atoms with Crippen LogP contribution in [0.5, 0.6) is 0 Å². The third-order valence-electron chi connectivity index (χ3n) is 2.45. The van der Waals surface area contributed by atoms with Gasteiger partial charge < -0.3 is 21.7 Å². The number of hydrogen-bond donors (Lipinski definition) is 3. The van der Waals surface area contributed by atoms with Gasteiger partial charge in [-0.1, -0.05) is 30.1 Å². The summed E-state index contributed by atoms with van der Waals surface area (Å²) < 4.78 is 0. The summed E-state index contributed by atoms with van der Waals surface area (Å²) >= 11 is 12.1. The first-order valence-electron chi connectivity index (χ1n) is 6.26. The van der Waals surface area contributed by atoms with Gasteiger partial charge in [-0.2, -0.15) is 0 Å². The second-order valence-corrected chi connectivity index (χ2v) is 5.15. The molecular weight excluding hydrogens is 317 g/mol. The van der Waals surface area contributed by atoms with Crippen molar-refractivity contribution in [1.29, 1.82) is 0 Å². The smallest absolute Gasteiger partial charge is 0.237 e. The van der Waals surface area contributed by atoms with Crippen molar-refractivity contribution >= 4 is 46.7 Å². The van der Waals surface area contributed by atoms with Gasteiger partial charge >= 0.3 is 0 Å². The standard InChI is InChI=1S/C12H17Cl2N5O2/c1-2-3-17-11-7(13)4-8(14)12(18-11)19(5-9(15)20)6-10(16)21/h4H,2-3,5-6H2,1H3,(H2,15,20)(H2,16,21)(H,17,18). The van der Waals surface area contributed by atoms with Crippen LogP contribution in [0, 0.1) is 0 Å². The highest BCUT2D eigenvalue weighted by atomic mass is 35.5. The lowest BCUT2D eigenvalue weighted by Crippen LogP contribution is -2.40. The van der Waals surface area contributed by atoms with E-state index in [0.29, 0.717) is 17.4 Å². The Labute approximate surface area is 132 Å². The molecule has 0 aliphatic rings. The summed E-state index contributed by atoms with van der Waals surface area (Å²) in [4.78, 5) is 27.8. The SMILES string of the molecule is CCCNc1nc(N(CC(N)=O)CC(N)=O)c(Cl)cc1Cl. The van der Waals surface area contributed by atoms with Crippen molar-refractivity contribution in [3.05, 3.63) is 16.1 Å². The van der Waals surface area contributed by atoms with Crippen molar-refractivity contribution in [2.75, 3.05) is 29.9 Å². The first kappa shape index (κ1) is 17.3. The first-order chi connectivity index (χ1) is 9.85. The number of nitrogens with zero attached hydrogens (tertiary/aromatic N) is 2. The van der Waals surface area contributed by atoms with Crippen LogP contribution in [0.25, 0.3) is 0 Å². The van der Waals surface area contributed by atoms with Crippen LogP contribution in [-0.2, 0) is 9.59 Å². The first-order valence-corrected chi connectivity index (χ1v) is 7.02. The maximum atomic E-state index is 11.1. The van der Waals surface area contributed by atoms with Gasteiger partial charge in [0.2, 0.25) is 11.8 Å². The second kappa shape index (κ2) is 7.90. The third-order valence-corrected chi connectivity index (χ3v) is 3.01. The Bertz CT molecular complexity index is 523. The van der Waals surface area contributed by atoms with Crippen molar-refractivity contribution in [3.63, 3.8) is 0 Å². The number of anilines is 2. The summed E-state index contributed by atoms with van der Waals surface area (Å²) in [6.07, 6.45) is 0.877. The van der Waals surface area contributed by atoms with E-state index in [0.717, 1.165) is 6.42 Å². The van der Waals surface area contributed by atoms with Crippen LogP contribution in [-0.4, -0.2) is 36.4 Å². The molecular formula is C12H17Cl2N5O2. The summed E-state index contributed by atoms with van der Waals surface area (Å²) in [5.41, 5.74) is 10.3. The molecule has 0 radical (unpaired) electrons. The molecule has 0 aliphatic heterocycles. The zero-order chi connectivity index (χ0) is 16.0. The maximum Gasteiger partial charge on any atom is 0.237 e. The Morgan fingerprint density at radius 2 is 1.81 bits per heavy atom. The topological polar surface area (TPSA) is 114 Å². The molecule has 0 aliphatic carbocycles. The average Bonchev–Trinajstić information content (AvgIpc) is 2.36. The zero-order valence-corrected chi connectivity index (χ0v) is 13.0. The van der Waals surface area contributed by atoms with E-state index >= 15 is 0 Å². The Morgan fingerprint density at radius 3 is 2.29 bits per heavy atom. The summed E-state index contributed by atoms with van der Waals surface area (Å²) in [5.74, 6) is -0.631. The highest BCUT2D eigenvalue weighted by Crippen LogP contribution is 2.31. The average molecular weight is 334 g/mol. The number of rotatable bonds is 8. The van der Waals surface area contributed by atoms with E-state index < -0.39 is 11.8 Å². The normalized spacial score (nSPS) is 10.2. The highest BCUT2D eigenvalue weighted by Gasteiger charge is 2.19. The number of pyridine rings is 1. The lowest BCUT2D eigenvalue weighted by Gasteiger charge is -2.22. The number of hydrogen-bond acceptors (Lipinski definition) is 5. The molecule has 1 rings (SSSR count). The van der Waals surface area contributed by atoms with Crippen LogP contribution >= 0.6 is 23.2 Å².